The second-order valence-electron chi connectivity index (χ2n) is 4.80. The average Bonchev–Trinajstić information content (AvgIpc) is 2.25. The average molecular weight is 294 g/mol. The van der Waals surface area contributed by atoms with Crippen molar-refractivity contribution < 1.29 is 4.74 Å². The molecule has 0 saturated heterocycles. The van der Waals surface area contributed by atoms with E-state index in [0.717, 1.165) is 10.0 Å². The largest absolute Gasteiger partial charge is 0.487 e. The minimum absolute atomic E-state index is 0.00505. The summed E-state index contributed by atoms with van der Waals surface area (Å²) in [5.74, 6) is 0.584. The van der Waals surface area contributed by atoms with Crippen LogP contribution in [-0.4, -0.2) is 6.61 Å². The molecular weight excluding hydrogens is 278 g/mol. The van der Waals surface area contributed by atoms with E-state index < -0.39 is 0 Å². The second kappa shape index (κ2) is 5.37. The third kappa shape index (κ3) is 3.34. The lowest BCUT2D eigenvalue weighted by Gasteiger charge is -2.21. The van der Waals surface area contributed by atoms with Crippen molar-refractivity contribution in [2.24, 2.45) is 0 Å². The van der Waals surface area contributed by atoms with E-state index in [2.05, 4.69) is 49.3 Å². The SMILES string of the molecule is C=CCOc1c(Br)cc(C(C)(C)C)cc1C#N. The monoisotopic (exact) mass is 293 g/mol. The fourth-order valence-corrected chi connectivity index (χ4v) is 1.97. The van der Waals surface area contributed by atoms with Crippen LogP contribution >= 0.6 is 15.9 Å². The van der Waals surface area contributed by atoms with Crippen LogP contribution in [0.1, 0.15) is 31.9 Å². The van der Waals surface area contributed by atoms with Crippen LogP contribution in [0.25, 0.3) is 0 Å². The van der Waals surface area contributed by atoms with Crippen LogP contribution in [0, 0.1) is 11.3 Å². The molecule has 3 heteroatoms. The first-order valence-electron chi connectivity index (χ1n) is 5.38. The molecule has 1 aromatic carbocycles. The lowest BCUT2D eigenvalue weighted by molar-refractivity contribution is 0.359. The van der Waals surface area contributed by atoms with Crippen LogP contribution in [0.2, 0.25) is 0 Å². The van der Waals surface area contributed by atoms with Crippen molar-refractivity contribution in [2.45, 2.75) is 26.2 Å². The molecule has 90 valence electrons. The standard InChI is InChI=1S/C14H16BrNO/c1-5-6-17-13-10(9-16)7-11(8-12(13)15)14(2,3)4/h5,7-8H,1,6H2,2-4H3. The fourth-order valence-electron chi connectivity index (χ4n) is 1.40. The normalized spacial score (nSPS) is 10.8. The summed E-state index contributed by atoms with van der Waals surface area (Å²) in [6.07, 6.45) is 1.66. The van der Waals surface area contributed by atoms with Crippen LogP contribution in [0.4, 0.5) is 0 Å². The van der Waals surface area contributed by atoms with Gasteiger partial charge in [-0.25, -0.2) is 0 Å². The van der Waals surface area contributed by atoms with Crippen LogP contribution in [-0.2, 0) is 5.41 Å². The van der Waals surface area contributed by atoms with Gasteiger partial charge < -0.3 is 4.74 Å². The van der Waals surface area contributed by atoms with Crippen LogP contribution in [0.3, 0.4) is 0 Å². The minimum Gasteiger partial charge on any atom is -0.487 e. The Balaban J connectivity index is 3.27. The zero-order valence-electron chi connectivity index (χ0n) is 10.4. The molecule has 0 heterocycles. The summed E-state index contributed by atoms with van der Waals surface area (Å²) in [6.45, 7) is 10.3. The quantitative estimate of drug-likeness (QED) is 0.783. The molecule has 0 saturated carbocycles. The highest BCUT2D eigenvalue weighted by Gasteiger charge is 2.18. The van der Waals surface area contributed by atoms with Gasteiger partial charge in [0.1, 0.15) is 12.7 Å². The van der Waals surface area contributed by atoms with E-state index in [9.17, 15) is 0 Å². The zero-order valence-corrected chi connectivity index (χ0v) is 12.0. The van der Waals surface area contributed by atoms with Crippen molar-refractivity contribution in [3.63, 3.8) is 0 Å². The second-order valence-corrected chi connectivity index (χ2v) is 5.65. The van der Waals surface area contributed by atoms with Crippen molar-refractivity contribution in [1.29, 1.82) is 5.26 Å². The van der Waals surface area contributed by atoms with Gasteiger partial charge in [0.05, 0.1) is 10.0 Å². The first kappa shape index (κ1) is 13.8. The highest BCUT2D eigenvalue weighted by Crippen LogP contribution is 2.34. The number of nitriles is 1. The van der Waals surface area contributed by atoms with Gasteiger partial charge in [-0.05, 0) is 39.0 Å². The van der Waals surface area contributed by atoms with E-state index in [1.54, 1.807) is 6.08 Å². The van der Waals surface area contributed by atoms with Gasteiger partial charge in [0.25, 0.3) is 0 Å². The minimum atomic E-state index is 0.00505. The predicted molar refractivity (Wildman–Crippen MR) is 73.2 cm³/mol. The number of halogens is 1. The molecule has 0 amide bonds. The molecule has 1 aromatic rings. The van der Waals surface area contributed by atoms with Crippen molar-refractivity contribution in [3.05, 3.63) is 40.4 Å². The van der Waals surface area contributed by atoms with Gasteiger partial charge in [0, 0.05) is 0 Å². The third-order valence-corrected chi connectivity index (χ3v) is 2.96. The molecule has 2 nitrogen and oxygen atoms in total. The number of hydrogen-bond acceptors (Lipinski definition) is 2. The molecule has 0 N–H and O–H groups in total. The van der Waals surface area contributed by atoms with E-state index in [4.69, 9.17) is 10.00 Å². The summed E-state index contributed by atoms with van der Waals surface area (Å²) >= 11 is 3.45. The number of nitrogens with zero attached hydrogens (tertiary/aromatic N) is 1. The lowest BCUT2D eigenvalue weighted by atomic mass is 9.86. The molecule has 0 spiro atoms. The number of ether oxygens (including phenoxy) is 1. The summed E-state index contributed by atoms with van der Waals surface area (Å²) in [6, 6.07) is 6.05. The van der Waals surface area contributed by atoms with Crippen molar-refractivity contribution in [2.75, 3.05) is 6.61 Å². The topological polar surface area (TPSA) is 33.0 Å². The Hall–Kier alpha value is -1.27. The molecule has 0 radical (unpaired) electrons. The molecule has 0 aromatic heterocycles. The highest BCUT2D eigenvalue weighted by atomic mass is 79.9. The van der Waals surface area contributed by atoms with Gasteiger partial charge in [-0.1, -0.05) is 33.4 Å². The fraction of sp³-hybridized carbons (Fsp3) is 0.357. The summed E-state index contributed by atoms with van der Waals surface area (Å²) in [5, 5.41) is 9.16. The zero-order chi connectivity index (χ0) is 13.1. The van der Waals surface area contributed by atoms with Gasteiger partial charge >= 0.3 is 0 Å². The Bertz CT molecular complexity index is 466. The van der Waals surface area contributed by atoms with Gasteiger partial charge in [-0.2, -0.15) is 5.26 Å². The molecule has 0 aliphatic heterocycles. The first-order valence-corrected chi connectivity index (χ1v) is 6.17. The molecule has 0 bridgehead atoms. The molecule has 0 atom stereocenters. The Morgan fingerprint density at radius 1 is 1.47 bits per heavy atom. The first-order chi connectivity index (χ1) is 7.90. The summed E-state index contributed by atoms with van der Waals surface area (Å²) in [4.78, 5) is 0. The Morgan fingerprint density at radius 2 is 2.12 bits per heavy atom. The van der Waals surface area contributed by atoms with Gasteiger partial charge in [-0.3, -0.25) is 0 Å². The van der Waals surface area contributed by atoms with Crippen LogP contribution in [0.5, 0.6) is 5.75 Å². The van der Waals surface area contributed by atoms with Gasteiger partial charge in [0.15, 0.2) is 5.75 Å². The molecule has 0 unspecified atom stereocenters. The van der Waals surface area contributed by atoms with E-state index >= 15 is 0 Å². The lowest BCUT2D eigenvalue weighted by Crippen LogP contribution is -2.12. The smallest absolute Gasteiger partial charge is 0.151 e. The third-order valence-electron chi connectivity index (χ3n) is 2.38. The summed E-state index contributed by atoms with van der Waals surface area (Å²) in [5.41, 5.74) is 1.66. The maximum Gasteiger partial charge on any atom is 0.151 e. The molecule has 0 aliphatic carbocycles. The van der Waals surface area contributed by atoms with Gasteiger partial charge in [0.2, 0.25) is 0 Å². The number of benzene rings is 1. The Morgan fingerprint density at radius 3 is 2.59 bits per heavy atom. The predicted octanol–water partition coefficient (Wildman–Crippen LogP) is 4.18. The van der Waals surface area contributed by atoms with Crippen LogP contribution in [0.15, 0.2) is 29.3 Å². The number of hydrogen-bond donors (Lipinski definition) is 0. The maximum absolute atomic E-state index is 9.16. The van der Waals surface area contributed by atoms with E-state index in [1.807, 2.05) is 12.1 Å². The molecule has 0 fully saturated rings. The Labute approximate surface area is 111 Å². The molecular formula is C14H16BrNO. The molecule has 17 heavy (non-hydrogen) atoms. The van der Waals surface area contributed by atoms with Crippen LogP contribution < -0.4 is 4.74 Å². The summed E-state index contributed by atoms with van der Waals surface area (Å²) < 4.78 is 6.30. The van der Waals surface area contributed by atoms with Crippen molar-refractivity contribution in [1.82, 2.24) is 0 Å². The van der Waals surface area contributed by atoms with Crippen molar-refractivity contribution in [3.8, 4) is 11.8 Å². The van der Waals surface area contributed by atoms with E-state index in [-0.39, 0.29) is 5.41 Å². The highest BCUT2D eigenvalue weighted by molar-refractivity contribution is 9.10. The summed E-state index contributed by atoms with van der Waals surface area (Å²) in [7, 11) is 0. The van der Waals surface area contributed by atoms with E-state index in [0.29, 0.717) is 17.9 Å². The van der Waals surface area contributed by atoms with E-state index in [1.165, 1.54) is 0 Å². The molecule has 0 aliphatic rings. The van der Waals surface area contributed by atoms with Gasteiger partial charge in [-0.15, -0.1) is 0 Å². The van der Waals surface area contributed by atoms with Crippen molar-refractivity contribution >= 4 is 15.9 Å². The maximum atomic E-state index is 9.16. The Kier molecular flexibility index (Phi) is 4.36. The molecule has 1 rings (SSSR count). The number of rotatable bonds is 3.